The van der Waals surface area contributed by atoms with E-state index in [9.17, 15) is 25.9 Å². The molecule has 46 heavy (non-hydrogen) atoms. The summed E-state index contributed by atoms with van der Waals surface area (Å²) in [6.45, 7) is 1.88. The Bertz CT molecular complexity index is 2460. The molecule has 0 saturated heterocycles. The van der Waals surface area contributed by atoms with E-state index >= 15 is 0 Å². The zero-order valence-corrected chi connectivity index (χ0v) is 26.8. The lowest BCUT2D eigenvalue weighted by Crippen LogP contribution is -2.39. The smallest absolute Gasteiger partial charge is 0.263 e. The largest absolute Gasteiger partial charge is 0.747 e. The fourth-order valence-electron chi connectivity index (χ4n) is 5.78. The Kier molecular flexibility index (Phi) is 7.45. The van der Waals surface area contributed by atoms with Gasteiger partial charge in [-0.2, -0.15) is 4.57 Å². The Balaban J connectivity index is 1.34. The number of rotatable bonds is 8. The maximum Gasteiger partial charge on any atom is 0.263 e. The summed E-state index contributed by atoms with van der Waals surface area (Å²) in [6, 6.07) is 26.5. The average molecular weight is 673 g/mol. The van der Waals surface area contributed by atoms with Gasteiger partial charge in [0.2, 0.25) is 17.3 Å². The second kappa shape index (κ2) is 11.4. The molecule has 0 bridgehead atoms. The van der Waals surface area contributed by atoms with Crippen LogP contribution in [0.5, 0.6) is 5.75 Å². The fourth-order valence-corrected chi connectivity index (χ4v) is 8.18. The third-order valence-electron chi connectivity index (χ3n) is 7.81. The lowest BCUT2D eigenvalue weighted by atomic mass is 10.1. The Morgan fingerprint density at radius 1 is 0.913 bits per heavy atom. The number of aromatic nitrogens is 2. The number of hydrogen-bond donors (Lipinski definition) is 0. The topological polar surface area (TPSA) is 136 Å². The quantitative estimate of drug-likeness (QED) is 0.146. The number of hydrogen-bond acceptors (Lipinski definition) is 9. The normalized spacial score (nSPS) is 14.9. The van der Waals surface area contributed by atoms with E-state index in [1.165, 1.54) is 20.8 Å². The van der Waals surface area contributed by atoms with Crippen LogP contribution in [0.1, 0.15) is 18.4 Å². The molecule has 0 atom stereocenters. The zero-order valence-electron chi connectivity index (χ0n) is 24.4. The molecule has 1 aliphatic heterocycles. The van der Waals surface area contributed by atoms with Gasteiger partial charge in [0.15, 0.2) is 15.9 Å². The molecule has 2 aromatic heterocycles. The summed E-state index contributed by atoms with van der Waals surface area (Å²) in [4.78, 5) is 1.32. The first-order valence-electron chi connectivity index (χ1n) is 14.3. The second-order valence-electron chi connectivity index (χ2n) is 10.9. The van der Waals surface area contributed by atoms with E-state index in [4.69, 9.17) is 4.74 Å². The molecule has 0 aliphatic carbocycles. The van der Waals surface area contributed by atoms with Crippen molar-refractivity contribution in [3.63, 3.8) is 0 Å². The molecule has 0 amide bonds. The van der Waals surface area contributed by atoms with Crippen molar-refractivity contribution in [2.75, 3.05) is 10.8 Å². The minimum atomic E-state index is -4.73. The summed E-state index contributed by atoms with van der Waals surface area (Å²) >= 11 is 1.33. The van der Waals surface area contributed by atoms with Crippen LogP contribution in [0.25, 0.3) is 43.7 Å². The van der Waals surface area contributed by atoms with Gasteiger partial charge in [0, 0.05) is 24.0 Å². The van der Waals surface area contributed by atoms with Gasteiger partial charge in [0.05, 0.1) is 16.6 Å². The highest BCUT2D eigenvalue weighted by Crippen LogP contribution is 2.42. The van der Waals surface area contributed by atoms with E-state index in [2.05, 4.69) is 0 Å². The van der Waals surface area contributed by atoms with Crippen LogP contribution in [0.3, 0.4) is 0 Å². The minimum absolute atomic E-state index is 0.131. The summed E-state index contributed by atoms with van der Waals surface area (Å²) in [7, 11) is -9.38. The van der Waals surface area contributed by atoms with E-state index in [-0.39, 0.29) is 5.88 Å². The first-order chi connectivity index (χ1) is 22.0. The van der Waals surface area contributed by atoms with Gasteiger partial charge in [0.1, 0.15) is 20.7 Å². The van der Waals surface area contributed by atoms with Gasteiger partial charge in [-0.05, 0) is 65.2 Å². The first-order valence-corrected chi connectivity index (χ1v) is 18.2. The Morgan fingerprint density at radius 3 is 2.43 bits per heavy atom. The number of para-hydroxylation sites is 1. The summed E-state index contributed by atoms with van der Waals surface area (Å²) in [5.41, 5.74) is 3.41. The summed E-state index contributed by atoms with van der Waals surface area (Å²) in [5, 5.41) is 3.26. The van der Waals surface area contributed by atoms with Crippen molar-refractivity contribution in [2.45, 2.75) is 19.2 Å². The summed E-state index contributed by atoms with van der Waals surface area (Å²) in [5.74, 6) is -1.11. The standard InChI is InChI=1S/C33H27N3O7S3/c1-2-22(18-32-36(21-46(40,41)42)33-26-9-5-3-7-23(26)11-14-30(33)44-32)17-31-35(20-45(37,38)39)28-19-25(12-13-29(28)43-31)34-16-15-24-8-4-6-10-27(24)34/h3-19H,2,20-21H2,1H3,(H-,37,38,39,40,41,42)/p-1. The highest BCUT2D eigenvalue weighted by atomic mass is 32.2. The number of thiazole rings is 1. The molecule has 0 saturated carbocycles. The molecule has 4 aromatic carbocycles. The molecule has 13 heteroatoms. The Labute approximate surface area is 269 Å². The van der Waals surface area contributed by atoms with E-state index in [1.807, 2.05) is 90.5 Å². The summed E-state index contributed by atoms with van der Waals surface area (Å²) in [6.07, 6.45) is 5.75. The average Bonchev–Trinajstić information content (AvgIpc) is 3.69. The number of allylic oxidation sites excluding steroid dienone is 2. The van der Waals surface area contributed by atoms with Crippen LogP contribution in [0.4, 0.5) is 5.69 Å². The predicted octanol–water partition coefficient (Wildman–Crippen LogP) is 5.83. The highest BCUT2D eigenvalue weighted by Gasteiger charge is 2.29. The number of ether oxygens (including phenoxy) is 1. The lowest BCUT2D eigenvalue weighted by Gasteiger charge is -2.21. The van der Waals surface area contributed by atoms with Crippen molar-refractivity contribution in [1.82, 2.24) is 4.57 Å². The van der Waals surface area contributed by atoms with E-state index in [0.717, 1.165) is 32.1 Å². The molecule has 0 radical (unpaired) electrons. The van der Waals surface area contributed by atoms with Crippen molar-refractivity contribution in [3.8, 4) is 11.4 Å². The molecule has 234 valence electrons. The van der Waals surface area contributed by atoms with Crippen LogP contribution in [0, 0.1) is 0 Å². The van der Waals surface area contributed by atoms with Crippen LogP contribution >= 0.6 is 11.3 Å². The SMILES string of the molecule is CCC(/C=C1\Oc2ccc(-n3ccc4ccccc43)cc2N1CS(=O)(=O)[O-])=C\c1sc2ccc3ccccc3c2[n+]1CS(=O)(=O)[O-]. The molecule has 10 nitrogen and oxygen atoms in total. The van der Waals surface area contributed by atoms with E-state index in [0.29, 0.717) is 34.0 Å². The molecule has 3 heterocycles. The molecule has 0 fully saturated rings. The molecular weight excluding hydrogens is 647 g/mol. The molecule has 6 aromatic rings. The van der Waals surface area contributed by atoms with Crippen molar-refractivity contribution in [1.29, 1.82) is 0 Å². The fraction of sp³-hybridized carbons (Fsp3) is 0.121. The monoisotopic (exact) mass is 672 g/mol. The highest BCUT2D eigenvalue weighted by molar-refractivity contribution is 7.85. The van der Waals surface area contributed by atoms with Gasteiger partial charge in [-0.15, -0.1) is 0 Å². The van der Waals surface area contributed by atoms with Crippen LogP contribution < -0.4 is 14.2 Å². The van der Waals surface area contributed by atoms with Crippen molar-refractivity contribution in [2.24, 2.45) is 0 Å². The van der Waals surface area contributed by atoms with Crippen LogP contribution in [-0.4, -0.2) is 36.4 Å². The van der Waals surface area contributed by atoms with Gasteiger partial charge in [-0.25, -0.2) is 16.8 Å². The molecule has 7 rings (SSSR count). The molecule has 1 aliphatic rings. The second-order valence-corrected chi connectivity index (χ2v) is 14.7. The molecule has 0 spiro atoms. The van der Waals surface area contributed by atoms with Crippen LogP contribution in [-0.2, 0) is 26.1 Å². The molecule has 0 unspecified atom stereocenters. The van der Waals surface area contributed by atoms with Crippen LogP contribution in [0.15, 0.2) is 109 Å². The minimum Gasteiger partial charge on any atom is -0.747 e. The third kappa shape index (κ3) is 5.79. The maximum absolute atomic E-state index is 12.1. The van der Waals surface area contributed by atoms with Crippen molar-refractivity contribution >= 4 is 75.2 Å². The van der Waals surface area contributed by atoms with Gasteiger partial charge < -0.3 is 18.4 Å². The van der Waals surface area contributed by atoms with Gasteiger partial charge in [-0.1, -0.05) is 60.7 Å². The van der Waals surface area contributed by atoms with Gasteiger partial charge in [0.25, 0.3) is 5.01 Å². The van der Waals surface area contributed by atoms with E-state index in [1.54, 1.807) is 24.3 Å². The lowest BCUT2D eigenvalue weighted by molar-refractivity contribution is -0.648. The number of anilines is 1. The predicted molar refractivity (Wildman–Crippen MR) is 177 cm³/mol. The van der Waals surface area contributed by atoms with Gasteiger partial charge in [-0.3, -0.25) is 4.90 Å². The molecular formula is C33H26N3O7S3-. The van der Waals surface area contributed by atoms with Crippen molar-refractivity contribution in [3.05, 3.63) is 114 Å². The molecule has 0 N–H and O–H groups in total. The van der Waals surface area contributed by atoms with Crippen LogP contribution in [0.2, 0.25) is 0 Å². The zero-order chi connectivity index (χ0) is 32.2. The number of benzene rings is 4. The third-order valence-corrected chi connectivity index (χ3v) is 10.1. The number of nitrogens with zero attached hydrogens (tertiary/aromatic N) is 3. The van der Waals surface area contributed by atoms with Crippen molar-refractivity contribution < 1.29 is 35.2 Å². The van der Waals surface area contributed by atoms with Gasteiger partial charge >= 0.3 is 0 Å². The Morgan fingerprint density at radius 2 is 1.67 bits per heavy atom. The maximum atomic E-state index is 12.1. The first kappa shape index (κ1) is 30.1. The summed E-state index contributed by atoms with van der Waals surface area (Å²) < 4.78 is 82.7. The Hall–Kier alpha value is -4.53. The van der Waals surface area contributed by atoms with E-state index < -0.39 is 32.0 Å². The number of fused-ring (bicyclic) bond motifs is 5.